The number of carbonyl (C=O) groups is 1. The summed E-state index contributed by atoms with van der Waals surface area (Å²) in [6, 6.07) is 3.68. The molecule has 0 aromatic carbocycles. The average molecular weight is 407 g/mol. The Morgan fingerprint density at radius 3 is 1.58 bits per heavy atom. The summed E-state index contributed by atoms with van der Waals surface area (Å²) >= 11 is 0. The van der Waals surface area contributed by atoms with Gasteiger partial charge in [0.25, 0.3) is 14.3 Å². The van der Waals surface area contributed by atoms with Crippen LogP contribution in [0.25, 0.3) is 0 Å². The van der Waals surface area contributed by atoms with Crippen LogP contribution in [-0.4, -0.2) is 42.9 Å². The van der Waals surface area contributed by atoms with Gasteiger partial charge in [-0.05, 0) is 65.6 Å². The lowest BCUT2D eigenvalue weighted by atomic mass is 9.88. The van der Waals surface area contributed by atoms with Gasteiger partial charge in [0.05, 0.1) is 5.41 Å². The van der Waals surface area contributed by atoms with Gasteiger partial charge < -0.3 is 17.7 Å². The van der Waals surface area contributed by atoms with E-state index in [1.165, 1.54) is 0 Å². The van der Waals surface area contributed by atoms with Crippen molar-refractivity contribution in [2.75, 3.05) is 19.8 Å². The van der Waals surface area contributed by atoms with Gasteiger partial charge in [0, 0.05) is 25.9 Å². The molecule has 0 saturated carbocycles. The predicted molar refractivity (Wildman–Crippen MR) is 112 cm³/mol. The molecule has 0 aromatic heterocycles. The average Bonchev–Trinajstić information content (AvgIpc) is 2.60. The minimum absolute atomic E-state index is 0.0498. The van der Waals surface area contributed by atoms with Crippen molar-refractivity contribution in [1.82, 2.24) is 0 Å². The first-order valence-corrected chi connectivity index (χ1v) is 14.8. The fraction of sp³-hybridized carbons (Fsp3) is 0.947. The van der Waals surface area contributed by atoms with Gasteiger partial charge in [-0.3, -0.25) is 4.79 Å². The quantitative estimate of drug-likeness (QED) is 0.341. The first-order valence-electron chi connectivity index (χ1n) is 10.4. The highest BCUT2D eigenvalue weighted by Gasteiger charge is 2.42. The van der Waals surface area contributed by atoms with Crippen molar-refractivity contribution in [2.45, 2.75) is 92.4 Å². The molecule has 0 aliphatic carbocycles. The van der Waals surface area contributed by atoms with Gasteiger partial charge in [0.15, 0.2) is 0 Å². The molecular formula is C19H42O5Si2. The summed E-state index contributed by atoms with van der Waals surface area (Å²) in [6.45, 7) is 18.0. The highest BCUT2D eigenvalue weighted by atomic mass is 28.4. The summed E-state index contributed by atoms with van der Waals surface area (Å²) in [4.78, 5) is 12.8. The van der Waals surface area contributed by atoms with Crippen LogP contribution in [0, 0.1) is 5.41 Å². The Morgan fingerprint density at radius 1 is 0.808 bits per heavy atom. The van der Waals surface area contributed by atoms with Crippen molar-refractivity contribution in [3.05, 3.63) is 0 Å². The van der Waals surface area contributed by atoms with E-state index in [1.54, 1.807) is 0 Å². The normalized spacial score (nSPS) is 13.1. The van der Waals surface area contributed by atoms with E-state index in [0.29, 0.717) is 19.8 Å². The topological polar surface area (TPSA) is 54.0 Å². The van der Waals surface area contributed by atoms with E-state index in [2.05, 4.69) is 20.8 Å². The van der Waals surface area contributed by atoms with Crippen molar-refractivity contribution in [2.24, 2.45) is 5.41 Å². The molecule has 0 amide bonds. The molecule has 0 rings (SSSR count). The summed E-state index contributed by atoms with van der Waals surface area (Å²) in [5, 5.41) is 0. The van der Waals surface area contributed by atoms with Crippen LogP contribution in [0.5, 0.6) is 0 Å². The lowest BCUT2D eigenvalue weighted by Gasteiger charge is -2.33. The zero-order valence-electron chi connectivity index (χ0n) is 18.4. The maximum Gasteiger partial charge on any atom is 0.500 e. The van der Waals surface area contributed by atoms with Crippen molar-refractivity contribution in [3.63, 3.8) is 0 Å². The van der Waals surface area contributed by atoms with Crippen molar-refractivity contribution < 1.29 is 22.5 Å². The molecule has 26 heavy (non-hydrogen) atoms. The fourth-order valence-corrected chi connectivity index (χ4v) is 8.37. The summed E-state index contributed by atoms with van der Waals surface area (Å²) < 4.78 is 23.8. The van der Waals surface area contributed by atoms with Crippen LogP contribution in [0.15, 0.2) is 0 Å². The molecule has 0 atom stereocenters. The van der Waals surface area contributed by atoms with Crippen LogP contribution in [0.2, 0.25) is 24.2 Å². The molecule has 5 nitrogen and oxygen atoms in total. The minimum atomic E-state index is -2.64. The molecule has 0 heterocycles. The van der Waals surface area contributed by atoms with E-state index < -0.39 is 22.5 Å². The zero-order valence-corrected chi connectivity index (χ0v) is 20.4. The highest BCUT2D eigenvalue weighted by Crippen LogP contribution is 2.32. The fourth-order valence-electron chi connectivity index (χ4n) is 3.15. The van der Waals surface area contributed by atoms with Gasteiger partial charge in [-0.1, -0.05) is 20.8 Å². The van der Waals surface area contributed by atoms with Crippen molar-refractivity contribution in [3.8, 4) is 0 Å². The van der Waals surface area contributed by atoms with Crippen molar-refractivity contribution >= 4 is 23.1 Å². The molecule has 0 fully saturated rings. The number of rotatable bonds is 15. The second-order valence-corrected chi connectivity index (χ2v) is 14.8. The minimum Gasteiger partial charge on any atom is -0.519 e. The van der Waals surface area contributed by atoms with E-state index in [-0.39, 0.29) is 5.97 Å². The molecule has 0 spiro atoms. The molecule has 0 unspecified atom stereocenters. The first-order chi connectivity index (χ1) is 12.2. The van der Waals surface area contributed by atoms with E-state index in [9.17, 15) is 4.79 Å². The molecule has 0 aliphatic heterocycles. The van der Waals surface area contributed by atoms with Crippen molar-refractivity contribution in [1.29, 1.82) is 0 Å². The maximum atomic E-state index is 12.8. The molecule has 0 aliphatic rings. The second-order valence-electron chi connectivity index (χ2n) is 7.35. The largest absolute Gasteiger partial charge is 0.519 e. The zero-order chi connectivity index (χ0) is 20.3. The maximum absolute atomic E-state index is 12.8. The summed E-state index contributed by atoms with van der Waals surface area (Å²) in [5.41, 5.74) is -0.497. The van der Waals surface area contributed by atoms with Gasteiger partial charge in [0.2, 0.25) is 0 Å². The summed E-state index contributed by atoms with van der Waals surface area (Å²) in [7, 11) is -4.56. The van der Waals surface area contributed by atoms with E-state index in [4.69, 9.17) is 17.7 Å². The molecular weight excluding hydrogens is 364 g/mol. The Labute approximate surface area is 163 Å². The van der Waals surface area contributed by atoms with Gasteiger partial charge in [0.1, 0.15) is 0 Å². The van der Waals surface area contributed by atoms with Crippen LogP contribution < -0.4 is 0 Å². The molecule has 0 radical (unpaired) electrons. The molecule has 7 heteroatoms. The Hall–Kier alpha value is -0.216. The third kappa shape index (κ3) is 7.80. The summed E-state index contributed by atoms with van der Waals surface area (Å²) in [6.07, 6.45) is 1.57. The van der Waals surface area contributed by atoms with E-state index >= 15 is 0 Å². The third-order valence-electron chi connectivity index (χ3n) is 5.17. The van der Waals surface area contributed by atoms with Crippen LogP contribution in [0.1, 0.15) is 68.2 Å². The number of hydrogen-bond donors (Lipinski definition) is 0. The van der Waals surface area contributed by atoms with Crippen LogP contribution in [-0.2, 0) is 22.5 Å². The SMILES string of the molecule is CCO[Si](CCCC(C)(C)C(=O)O[Si](CC)(CC)CC)(OCC)OCC. The van der Waals surface area contributed by atoms with Gasteiger partial charge >= 0.3 is 8.80 Å². The third-order valence-corrected chi connectivity index (χ3v) is 12.8. The monoisotopic (exact) mass is 406 g/mol. The van der Waals surface area contributed by atoms with E-state index in [0.717, 1.165) is 37.0 Å². The molecule has 156 valence electrons. The smallest absolute Gasteiger partial charge is 0.500 e. The summed E-state index contributed by atoms with van der Waals surface area (Å²) in [5.74, 6) is -0.0498. The number of hydrogen-bond acceptors (Lipinski definition) is 5. The number of carbonyl (C=O) groups excluding carboxylic acids is 1. The Morgan fingerprint density at radius 2 is 1.23 bits per heavy atom. The van der Waals surface area contributed by atoms with Gasteiger partial charge in [-0.15, -0.1) is 0 Å². The van der Waals surface area contributed by atoms with Crippen LogP contribution in [0.3, 0.4) is 0 Å². The van der Waals surface area contributed by atoms with Gasteiger partial charge in [-0.25, -0.2) is 0 Å². The highest BCUT2D eigenvalue weighted by molar-refractivity contribution is 6.75. The standard InChI is InChI=1S/C19H42O5Si2/c1-9-21-26(22-10-2,23-11-3)17-15-16-19(7,8)18(20)24-25(12-4,13-5)14-6/h9-17H2,1-8H3. The Bertz CT molecular complexity index is 372. The Kier molecular flexibility index (Phi) is 12.2. The molecule has 0 N–H and O–H groups in total. The Balaban J connectivity index is 4.89. The van der Waals surface area contributed by atoms with E-state index in [1.807, 2.05) is 34.6 Å². The molecule has 0 saturated heterocycles. The first kappa shape index (κ1) is 25.8. The molecule has 0 aromatic rings. The lowest BCUT2D eigenvalue weighted by molar-refractivity contribution is -0.145. The molecule has 0 bridgehead atoms. The van der Waals surface area contributed by atoms with Gasteiger partial charge in [-0.2, -0.15) is 0 Å². The second kappa shape index (κ2) is 12.3. The van der Waals surface area contributed by atoms with Crippen LogP contribution in [0.4, 0.5) is 0 Å². The predicted octanol–water partition coefficient (Wildman–Crippen LogP) is 5.39. The lowest BCUT2D eigenvalue weighted by Crippen LogP contribution is -2.46. The van der Waals surface area contributed by atoms with Crippen LogP contribution >= 0.6 is 0 Å².